The Morgan fingerprint density at radius 1 is 0.648 bits per heavy atom. The van der Waals surface area contributed by atoms with E-state index >= 15 is 0 Å². The first-order chi connectivity index (χ1) is 26.2. The summed E-state index contributed by atoms with van der Waals surface area (Å²) < 4.78 is 38.4. The molecule has 5 atom stereocenters. The number of carbonyl (C=O) groups excluding carboxylic acids is 2. The van der Waals surface area contributed by atoms with Gasteiger partial charge in [-0.05, 0) is 64.2 Å². The van der Waals surface area contributed by atoms with Crippen molar-refractivity contribution >= 4 is 19.8 Å². The summed E-state index contributed by atoms with van der Waals surface area (Å²) in [6, 6.07) is 0. The van der Waals surface area contributed by atoms with Gasteiger partial charge in [0.2, 0.25) is 0 Å². The number of carbonyl (C=O) groups is 2. The van der Waals surface area contributed by atoms with Crippen LogP contribution in [0.4, 0.5) is 0 Å². The van der Waals surface area contributed by atoms with Crippen LogP contribution >= 0.6 is 7.82 Å². The maximum atomic E-state index is 12.6. The average Bonchev–Trinajstić information content (AvgIpc) is 3.91. The second-order valence-corrected chi connectivity index (χ2v) is 16.2. The van der Waals surface area contributed by atoms with E-state index in [0.717, 1.165) is 77.0 Å². The molecule has 0 aromatic carbocycles. The van der Waals surface area contributed by atoms with Crippen molar-refractivity contribution in [1.29, 1.82) is 0 Å². The van der Waals surface area contributed by atoms with Gasteiger partial charge in [-0.25, -0.2) is 4.57 Å². The van der Waals surface area contributed by atoms with Gasteiger partial charge in [-0.15, -0.1) is 0 Å². The Kier molecular flexibility index (Phi) is 32.4. The highest BCUT2D eigenvalue weighted by atomic mass is 31.2. The quantitative estimate of drug-likeness (QED) is 0.0179. The minimum atomic E-state index is -4.62. The number of hydrogen-bond donors (Lipinski definition) is 3. The summed E-state index contributed by atoms with van der Waals surface area (Å²) in [5, 5.41) is 18.3. The largest absolute Gasteiger partial charge is 0.472 e. The molecule has 0 bridgehead atoms. The molecular formula is C42H77O11P. The smallest absolute Gasteiger partial charge is 0.462 e. The molecule has 0 aliphatic carbocycles. The summed E-state index contributed by atoms with van der Waals surface area (Å²) >= 11 is 0. The minimum Gasteiger partial charge on any atom is -0.462 e. The molecule has 1 heterocycles. The van der Waals surface area contributed by atoms with Crippen LogP contribution in [0.1, 0.15) is 181 Å². The lowest BCUT2D eigenvalue weighted by atomic mass is 10.1. The van der Waals surface area contributed by atoms with Crippen LogP contribution in [0, 0.1) is 0 Å². The molecule has 1 saturated heterocycles. The number of epoxide rings is 1. The van der Waals surface area contributed by atoms with Crippen LogP contribution in [0.25, 0.3) is 0 Å². The first-order valence-electron chi connectivity index (χ1n) is 21.4. The van der Waals surface area contributed by atoms with Crippen LogP contribution in [0.5, 0.6) is 0 Å². The Morgan fingerprint density at radius 2 is 1.15 bits per heavy atom. The number of aliphatic hydroxyl groups excluding tert-OH is 2. The van der Waals surface area contributed by atoms with Gasteiger partial charge < -0.3 is 29.3 Å². The summed E-state index contributed by atoms with van der Waals surface area (Å²) in [6.45, 7) is 2.31. The molecule has 1 fully saturated rings. The number of phosphoric acid groups is 1. The maximum Gasteiger partial charge on any atom is 0.472 e. The summed E-state index contributed by atoms with van der Waals surface area (Å²) in [5.41, 5.74) is 0. The van der Waals surface area contributed by atoms with E-state index < -0.39 is 51.8 Å². The fraction of sp³-hybridized carbons (Fsp3) is 0.857. The molecule has 1 aliphatic rings. The Hall–Kier alpha value is -1.59. The van der Waals surface area contributed by atoms with Crippen molar-refractivity contribution in [3.63, 3.8) is 0 Å². The zero-order valence-electron chi connectivity index (χ0n) is 33.9. The van der Waals surface area contributed by atoms with Gasteiger partial charge in [0, 0.05) is 12.8 Å². The zero-order chi connectivity index (χ0) is 39.5. The van der Waals surface area contributed by atoms with Crippen molar-refractivity contribution < 1.29 is 52.5 Å². The van der Waals surface area contributed by atoms with E-state index in [1.54, 1.807) is 0 Å². The van der Waals surface area contributed by atoms with E-state index in [2.05, 4.69) is 42.7 Å². The van der Waals surface area contributed by atoms with Crippen molar-refractivity contribution in [1.82, 2.24) is 0 Å². The highest BCUT2D eigenvalue weighted by molar-refractivity contribution is 7.47. The summed E-state index contributed by atoms with van der Waals surface area (Å²) in [4.78, 5) is 35.0. The van der Waals surface area contributed by atoms with Gasteiger partial charge in [0.1, 0.15) is 12.7 Å². The van der Waals surface area contributed by atoms with Gasteiger partial charge in [0.25, 0.3) is 0 Å². The second-order valence-electron chi connectivity index (χ2n) is 14.7. The number of hydrogen-bond acceptors (Lipinski definition) is 10. The standard InChI is InChI=1S/C42H77O11P/c1-3-5-7-8-9-10-11-12-13-14-15-16-21-24-28-32-42(46)52-38(36-51-54(47,48)50-34-37(44)33-43)35-49-41(45)31-27-23-20-18-17-19-22-26-30-40-39(53-40)29-25-6-4-2/h12-13,22,26,37-40,43-44H,3-11,14-21,23-25,27-36H2,1-2H3,(H,47,48)/b13-12-,26-22-/t37-,38+,39?,40?/m0/s1. The molecule has 12 heteroatoms. The van der Waals surface area contributed by atoms with Crippen molar-refractivity contribution in [2.45, 2.75) is 205 Å². The lowest BCUT2D eigenvalue weighted by Crippen LogP contribution is -2.29. The van der Waals surface area contributed by atoms with E-state index in [0.29, 0.717) is 25.0 Å². The Bertz CT molecular complexity index is 1020. The van der Waals surface area contributed by atoms with Crippen LogP contribution in [0.3, 0.4) is 0 Å². The van der Waals surface area contributed by atoms with E-state index in [1.807, 2.05) is 0 Å². The van der Waals surface area contributed by atoms with Crippen molar-refractivity contribution in [3.8, 4) is 0 Å². The predicted molar refractivity (Wildman–Crippen MR) is 214 cm³/mol. The van der Waals surface area contributed by atoms with Gasteiger partial charge in [-0.1, -0.05) is 128 Å². The zero-order valence-corrected chi connectivity index (χ0v) is 34.8. The van der Waals surface area contributed by atoms with Crippen LogP contribution < -0.4 is 0 Å². The normalized spacial score (nSPS) is 17.9. The molecule has 3 unspecified atom stereocenters. The topological polar surface area (TPSA) is 161 Å². The number of rotatable bonds is 39. The van der Waals surface area contributed by atoms with Crippen LogP contribution in [-0.2, 0) is 37.4 Å². The highest BCUT2D eigenvalue weighted by Crippen LogP contribution is 2.43. The van der Waals surface area contributed by atoms with Gasteiger partial charge in [-0.2, -0.15) is 0 Å². The molecule has 1 rings (SSSR count). The summed E-state index contributed by atoms with van der Waals surface area (Å²) in [6.07, 6.45) is 34.5. The monoisotopic (exact) mass is 789 g/mol. The Balaban J connectivity index is 2.26. The molecule has 0 radical (unpaired) electrons. The van der Waals surface area contributed by atoms with E-state index in [-0.39, 0.29) is 19.4 Å². The highest BCUT2D eigenvalue weighted by Gasteiger charge is 2.36. The Labute approximate surface area is 327 Å². The lowest BCUT2D eigenvalue weighted by molar-refractivity contribution is -0.161. The van der Waals surface area contributed by atoms with E-state index in [4.69, 9.17) is 23.8 Å². The number of phosphoric ester groups is 1. The molecular weight excluding hydrogens is 711 g/mol. The SMILES string of the molecule is CCCCCCCC/C=C\CCCCCCCC(=O)O[C@H](COC(=O)CCCCCCC/C=C\CC1OC1CCCCC)COP(=O)(O)OC[C@@H](O)CO. The number of ether oxygens (including phenoxy) is 3. The van der Waals surface area contributed by atoms with Gasteiger partial charge in [0.15, 0.2) is 6.10 Å². The van der Waals surface area contributed by atoms with Crippen LogP contribution in [-0.4, -0.2) is 77.9 Å². The van der Waals surface area contributed by atoms with Crippen molar-refractivity contribution in [3.05, 3.63) is 24.3 Å². The molecule has 316 valence electrons. The van der Waals surface area contributed by atoms with E-state index in [9.17, 15) is 24.2 Å². The minimum absolute atomic E-state index is 0.170. The molecule has 0 aromatic rings. The number of esters is 2. The molecule has 0 saturated carbocycles. The molecule has 3 N–H and O–H groups in total. The van der Waals surface area contributed by atoms with E-state index in [1.165, 1.54) is 64.2 Å². The first kappa shape index (κ1) is 50.4. The molecule has 0 amide bonds. The Morgan fingerprint density at radius 3 is 1.74 bits per heavy atom. The fourth-order valence-corrected chi connectivity index (χ4v) is 6.84. The van der Waals surface area contributed by atoms with Crippen molar-refractivity contribution in [2.75, 3.05) is 26.4 Å². The van der Waals surface area contributed by atoms with Crippen LogP contribution in [0.2, 0.25) is 0 Å². The summed E-state index contributed by atoms with van der Waals surface area (Å²) in [7, 11) is -4.62. The molecule has 1 aliphatic heterocycles. The first-order valence-corrected chi connectivity index (χ1v) is 22.9. The second kappa shape index (κ2) is 34.6. The average molecular weight is 789 g/mol. The molecule has 0 aromatic heterocycles. The predicted octanol–water partition coefficient (Wildman–Crippen LogP) is 9.99. The fourth-order valence-electron chi connectivity index (χ4n) is 6.05. The van der Waals surface area contributed by atoms with Gasteiger partial charge in [-0.3, -0.25) is 18.6 Å². The molecule has 0 spiro atoms. The van der Waals surface area contributed by atoms with Crippen LogP contribution in [0.15, 0.2) is 24.3 Å². The number of allylic oxidation sites excluding steroid dienone is 3. The maximum absolute atomic E-state index is 12.6. The third kappa shape index (κ3) is 31.6. The van der Waals surface area contributed by atoms with Gasteiger partial charge in [0.05, 0.1) is 32.0 Å². The number of aliphatic hydroxyl groups is 2. The molecule has 54 heavy (non-hydrogen) atoms. The van der Waals surface area contributed by atoms with Crippen molar-refractivity contribution in [2.24, 2.45) is 0 Å². The molecule has 11 nitrogen and oxygen atoms in total. The van der Waals surface area contributed by atoms with Gasteiger partial charge >= 0.3 is 19.8 Å². The third-order valence-corrected chi connectivity index (χ3v) is 10.5. The number of unbranched alkanes of at least 4 members (excludes halogenated alkanes) is 18. The lowest BCUT2D eigenvalue weighted by Gasteiger charge is -2.20. The summed E-state index contributed by atoms with van der Waals surface area (Å²) in [5.74, 6) is -0.954. The third-order valence-electron chi connectivity index (χ3n) is 9.50.